The summed E-state index contributed by atoms with van der Waals surface area (Å²) in [5.74, 6) is 1.33. The fourth-order valence-electron chi connectivity index (χ4n) is 2.29. The fourth-order valence-corrected chi connectivity index (χ4v) is 2.29. The van der Waals surface area contributed by atoms with Crippen LogP contribution in [0.2, 0.25) is 0 Å². The Labute approximate surface area is 120 Å². The lowest BCUT2D eigenvalue weighted by Crippen LogP contribution is -2.20. The summed E-state index contributed by atoms with van der Waals surface area (Å²) in [6.07, 6.45) is 4.62. The maximum atomic E-state index is 6.22. The maximum Gasteiger partial charge on any atom is 0.122 e. The molecular weight excluding hydrogens is 250 g/mol. The summed E-state index contributed by atoms with van der Waals surface area (Å²) in [4.78, 5) is 4.23. The molecule has 1 heterocycles. The Bertz CT molecular complexity index is 548. The molecule has 2 N–H and O–H groups in total. The molecule has 0 saturated carbocycles. The van der Waals surface area contributed by atoms with Crippen LogP contribution in [0.15, 0.2) is 36.8 Å². The van der Waals surface area contributed by atoms with E-state index < -0.39 is 0 Å². The third-order valence-corrected chi connectivity index (χ3v) is 3.62. The summed E-state index contributed by atoms with van der Waals surface area (Å²) < 4.78 is 7.52. The summed E-state index contributed by atoms with van der Waals surface area (Å²) in [7, 11) is 1.70. The van der Waals surface area contributed by atoms with Crippen LogP contribution in [0.3, 0.4) is 0 Å². The number of hydrogen-bond acceptors (Lipinski definition) is 3. The van der Waals surface area contributed by atoms with Gasteiger partial charge >= 0.3 is 0 Å². The predicted octanol–water partition coefficient (Wildman–Crippen LogP) is 2.79. The highest BCUT2D eigenvalue weighted by atomic mass is 16.5. The number of para-hydroxylation sites is 1. The third-order valence-electron chi connectivity index (χ3n) is 3.62. The van der Waals surface area contributed by atoms with E-state index in [0.717, 1.165) is 24.4 Å². The molecule has 2 aromatic rings. The van der Waals surface area contributed by atoms with Crippen molar-refractivity contribution in [1.82, 2.24) is 9.55 Å². The van der Waals surface area contributed by atoms with Gasteiger partial charge in [0.05, 0.1) is 19.1 Å². The molecule has 108 valence electrons. The number of benzene rings is 1. The Kier molecular flexibility index (Phi) is 4.79. The normalized spacial score (nSPS) is 12.7. The predicted molar refractivity (Wildman–Crippen MR) is 80.7 cm³/mol. The lowest BCUT2D eigenvalue weighted by molar-refractivity contribution is 0.407. The number of ether oxygens (including phenoxy) is 1. The van der Waals surface area contributed by atoms with Crippen molar-refractivity contribution in [3.05, 3.63) is 48.0 Å². The average Bonchev–Trinajstić information content (AvgIpc) is 2.92. The zero-order valence-electron chi connectivity index (χ0n) is 12.4. The molecule has 1 unspecified atom stereocenters. The third kappa shape index (κ3) is 3.20. The van der Waals surface area contributed by atoms with Crippen molar-refractivity contribution in [2.24, 2.45) is 11.7 Å². The Morgan fingerprint density at radius 2 is 2.05 bits per heavy atom. The number of nitrogens with zero attached hydrogens (tertiary/aromatic N) is 2. The van der Waals surface area contributed by atoms with Gasteiger partial charge in [-0.3, -0.25) is 0 Å². The largest absolute Gasteiger partial charge is 0.496 e. The number of methoxy groups -OCH3 is 1. The van der Waals surface area contributed by atoms with E-state index in [1.54, 1.807) is 7.11 Å². The van der Waals surface area contributed by atoms with Gasteiger partial charge in [-0.1, -0.05) is 32.0 Å². The first-order valence-electron chi connectivity index (χ1n) is 7.01. The molecule has 0 aliphatic rings. The highest BCUT2D eigenvalue weighted by Gasteiger charge is 2.15. The van der Waals surface area contributed by atoms with Crippen LogP contribution in [0, 0.1) is 5.92 Å². The van der Waals surface area contributed by atoms with Crippen LogP contribution in [0.25, 0.3) is 0 Å². The molecule has 0 amide bonds. The van der Waals surface area contributed by atoms with Crippen molar-refractivity contribution in [2.75, 3.05) is 7.11 Å². The van der Waals surface area contributed by atoms with Crippen molar-refractivity contribution in [3.8, 4) is 5.75 Å². The quantitative estimate of drug-likeness (QED) is 0.880. The number of aryl methyl sites for hydroxylation is 2. The van der Waals surface area contributed by atoms with E-state index in [9.17, 15) is 0 Å². The van der Waals surface area contributed by atoms with Crippen molar-refractivity contribution in [3.63, 3.8) is 0 Å². The fraction of sp³-hybridized carbons (Fsp3) is 0.438. The Morgan fingerprint density at radius 1 is 1.30 bits per heavy atom. The summed E-state index contributed by atoms with van der Waals surface area (Å²) in [6.45, 7) is 5.11. The van der Waals surface area contributed by atoms with Gasteiger partial charge < -0.3 is 15.0 Å². The second kappa shape index (κ2) is 6.57. The van der Waals surface area contributed by atoms with Crippen LogP contribution >= 0.6 is 0 Å². The lowest BCUT2D eigenvalue weighted by Gasteiger charge is -2.18. The van der Waals surface area contributed by atoms with Crippen molar-refractivity contribution < 1.29 is 4.74 Å². The minimum Gasteiger partial charge on any atom is -0.496 e. The number of rotatable bonds is 6. The molecule has 0 fully saturated rings. The second-order valence-electron chi connectivity index (χ2n) is 5.34. The molecule has 1 aromatic carbocycles. The van der Waals surface area contributed by atoms with Gasteiger partial charge in [0.15, 0.2) is 0 Å². The smallest absolute Gasteiger partial charge is 0.122 e. The van der Waals surface area contributed by atoms with E-state index in [0.29, 0.717) is 5.92 Å². The molecule has 1 aromatic heterocycles. The van der Waals surface area contributed by atoms with Crippen LogP contribution in [-0.2, 0) is 13.0 Å². The molecule has 20 heavy (non-hydrogen) atoms. The van der Waals surface area contributed by atoms with Gasteiger partial charge in [0.1, 0.15) is 5.75 Å². The standard InChI is InChI=1S/C16H23N3O/c1-12(2)16(17)14-10-18-11-19(14)9-8-13-6-4-5-7-15(13)20-3/h4-7,10-12,16H,8-9,17H2,1-3H3. The summed E-state index contributed by atoms with van der Waals surface area (Å²) in [5, 5.41) is 0. The summed E-state index contributed by atoms with van der Waals surface area (Å²) >= 11 is 0. The van der Waals surface area contributed by atoms with Gasteiger partial charge in [0.2, 0.25) is 0 Å². The molecule has 4 heteroatoms. The first-order valence-corrected chi connectivity index (χ1v) is 7.01. The minimum atomic E-state index is 0.0233. The first kappa shape index (κ1) is 14.6. The molecule has 0 saturated heterocycles. The molecule has 0 spiro atoms. The molecule has 2 rings (SSSR count). The topological polar surface area (TPSA) is 53.1 Å². The van der Waals surface area contributed by atoms with Crippen molar-refractivity contribution in [1.29, 1.82) is 0 Å². The SMILES string of the molecule is COc1ccccc1CCn1cncc1C(N)C(C)C. The Balaban J connectivity index is 2.10. The van der Waals surface area contributed by atoms with Crippen LogP contribution < -0.4 is 10.5 Å². The van der Waals surface area contributed by atoms with E-state index in [-0.39, 0.29) is 6.04 Å². The zero-order valence-corrected chi connectivity index (χ0v) is 12.4. The van der Waals surface area contributed by atoms with Crippen LogP contribution in [0.5, 0.6) is 5.75 Å². The highest BCUT2D eigenvalue weighted by molar-refractivity contribution is 5.33. The van der Waals surface area contributed by atoms with Gasteiger partial charge in [-0.05, 0) is 24.0 Å². The Hall–Kier alpha value is -1.81. The van der Waals surface area contributed by atoms with E-state index in [2.05, 4.69) is 29.5 Å². The van der Waals surface area contributed by atoms with Gasteiger partial charge in [0, 0.05) is 18.8 Å². The lowest BCUT2D eigenvalue weighted by atomic mass is 10.0. The van der Waals surface area contributed by atoms with Gasteiger partial charge in [-0.25, -0.2) is 4.98 Å². The highest BCUT2D eigenvalue weighted by Crippen LogP contribution is 2.21. The monoisotopic (exact) mass is 273 g/mol. The summed E-state index contributed by atoms with van der Waals surface area (Å²) in [6, 6.07) is 8.13. The maximum absolute atomic E-state index is 6.22. The van der Waals surface area contributed by atoms with E-state index >= 15 is 0 Å². The van der Waals surface area contributed by atoms with Gasteiger partial charge in [-0.15, -0.1) is 0 Å². The average molecular weight is 273 g/mol. The van der Waals surface area contributed by atoms with Crippen LogP contribution in [0.4, 0.5) is 0 Å². The first-order chi connectivity index (χ1) is 9.63. The number of aromatic nitrogens is 2. The molecule has 0 bridgehead atoms. The Morgan fingerprint density at radius 3 is 2.75 bits per heavy atom. The van der Waals surface area contributed by atoms with Crippen LogP contribution in [0.1, 0.15) is 31.1 Å². The van der Waals surface area contributed by atoms with Crippen LogP contribution in [-0.4, -0.2) is 16.7 Å². The number of hydrogen-bond donors (Lipinski definition) is 1. The number of nitrogens with two attached hydrogens (primary N) is 1. The molecule has 1 atom stereocenters. The second-order valence-corrected chi connectivity index (χ2v) is 5.34. The van der Waals surface area contributed by atoms with E-state index in [1.807, 2.05) is 30.7 Å². The molecule has 4 nitrogen and oxygen atoms in total. The molecule has 0 aliphatic carbocycles. The van der Waals surface area contributed by atoms with Gasteiger partial charge in [0.25, 0.3) is 0 Å². The minimum absolute atomic E-state index is 0.0233. The van der Waals surface area contributed by atoms with E-state index in [1.165, 1.54) is 5.56 Å². The van der Waals surface area contributed by atoms with Crippen molar-refractivity contribution in [2.45, 2.75) is 32.9 Å². The molecule has 0 radical (unpaired) electrons. The summed E-state index contributed by atoms with van der Waals surface area (Å²) in [5.41, 5.74) is 8.52. The molecular formula is C16H23N3O. The van der Waals surface area contributed by atoms with E-state index in [4.69, 9.17) is 10.5 Å². The number of imidazole rings is 1. The van der Waals surface area contributed by atoms with Crippen molar-refractivity contribution >= 4 is 0 Å². The van der Waals surface area contributed by atoms with Gasteiger partial charge in [-0.2, -0.15) is 0 Å². The molecule has 0 aliphatic heterocycles. The zero-order chi connectivity index (χ0) is 14.5.